The van der Waals surface area contributed by atoms with Crippen molar-refractivity contribution in [2.75, 3.05) is 0 Å². The first-order valence-corrected chi connectivity index (χ1v) is 7.39. The van der Waals surface area contributed by atoms with E-state index < -0.39 is 5.97 Å². The Morgan fingerprint density at radius 2 is 1.90 bits per heavy atom. The Morgan fingerprint density at radius 3 is 2.65 bits per heavy atom. The number of rotatable bonds is 1. The van der Waals surface area contributed by atoms with Crippen LogP contribution in [0.15, 0.2) is 18.2 Å². The fraction of sp³-hybridized carbons (Fsp3) is 0.375. The van der Waals surface area contributed by atoms with Crippen molar-refractivity contribution in [2.24, 2.45) is 0 Å². The summed E-state index contributed by atoms with van der Waals surface area (Å²) in [7, 11) is 0. The van der Waals surface area contributed by atoms with Crippen molar-refractivity contribution in [2.45, 2.75) is 38.5 Å². The highest BCUT2D eigenvalue weighted by atomic mass is 35.5. The Bertz CT molecular complexity index is 682. The third kappa shape index (κ3) is 2.27. The molecule has 1 aromatic carbocycles. The van der Waals surface area contributed by atoms with Crippen LogP contribution in [0.3, 0.4) is 0 Å². The van der Waals surface area contributed by atoms with Crippen LogP contribution in [-0.4, -0.2) is 16.1 Å². The van der Waals surface area contributed by atoms with Gasteiger partial charge in [-0.15, -0.1) is 0 Å². The molecule has 0 saturated carbocycles. The maximum atomic E-state index is 11.8. The van der Waals surface area contributed by atoms with Crippen molar-refractivity contribution in [1.29, 1.82) is 0 Å². The monoisotopic (exact) mass is 289 g/mol. The summed E-state index contributed by atoms with van der Waals surface area (Å²) in [5.41, 5.74) is 2.88. The first kappa shape index (κ1) is 13.4. The van der Waals surface area contributed by atoms with Crippen LogP contribution >= 0.6 is 11.6 Å². The molecule has 0 fully saturated rings. The second-order valence-corrected chi connectivity index (χ2v) is 5.67. The molecule has 1 aliphatic carbocycles. The third-order valence-electron chi connectivity index (χ3n) is 3.95. The van der Waals surface area contributed by atoms with Gasteiger partial charge in [-0.25, -0.2) is 4.79 Å². The van der Waals surface area contributed by atoms with E-state index >= 15 is 0 Å². The molecule has 20 heavy (non-hydrogen) atoms. The fourth-order valence-corrected chi connectivity index (χ4v) is 3.29. The van der Waals surface area contributed by atoms with Gasteiger partial charge in [0.15, 0.2) is 0 Å². The zero-order chi connectivity index (χ0) is 14.1. The summed E-state index contributed by atoms with van der Waals surface area (Å²) in [6.45, 7) is 0. The number of nitrogens with zero attached hydrogens (tertiary/aromatic N) is 1. The summed E-state index contributed by atoms with van der Waals surface area (Å²) in [6, 6.07) is 5.39. The Kier molecular flexibility index (Phi) is 3.62. The average molecular weight is 290 g/mol. The molecular formula is C16H16ClNO2. The van der Waals surface area contributed by atoms with Gasteiger partial charge in [0.1, 0.15) is 0 Å². The topological polar surface area (TPSA) is 50.2 Å². The van der Waals surface area contributed by atoms with Crippen LogP contribution in [0.2, 0.25) is 5.02 Å². The van der Waals surface area contributed by atoms with Crippen LogP contribution in [0.4, 0.5) is 0 Å². The SMILES string of the molecule is O=C(O)c1c2c(nc3cccc(Cl)c13)CCCCCC2. The maximum Gasteiger partial charge on any atom is 0.336 e. The lowest BCUT2D eigenvalue weighted by atomic mass is 9.91. The van der Waals surface area contributed by atoms with Crippen LogP contribution in [0, 0.1) is 0 Å². The highest BCUT2D eigenvalue weighted by Crippen LogP contribution is 2.32. The lowest BCUT2D eigenvalue weighted by Gasteiger charge is -2.17. The van der Waals surface area contributed by atoms with Gasteiger partial charge in [0.2, 0.25) is 0 Å². The van der Waals surface area contributed by atoms with Gasteiger partial charge >= 0.3 is 5.97 Å². The number of aromatic carboxylic acids is 1. The summed E-state index contributed by atoms with van der Waals surface area (Å²) in [4.78, 5) is 16.4. The van der Waals surface area contributed by atoms with Crippen molar-refractivity contribution in [3.63, 3.8) is 0 Å². The van der Waals surface area contributed by atoms with E-state index in [1.54, 1.807) is 6.07 Å². The zero-order valence-electron chi connectivity index (χ0n) is 11.2. The molecule has 2 aromatic rings. The molecule has 0 bridgehead atoms. The van der Waals surface area contributed by atoms with E-state index in [2.05, 4.69) is 4.98 Å². The molecule has 1 aliphatic rings. The number of hydrogen-bond donors (Lipinski definition) is 1. The van der Waals surface area contributed by atoms with Gasteiger partial charge in [-0.2, -0.15) is 0 Å². The summed E-state index contributed by atoms with van der Waals surface area (Å²) < 4.78 is 0. The van der Waals surface area contributed by atoms with E-state index in [4.69, 9.17) is 11.6 Å². The molecule has 4 heteroatoms. The van der Waals surface area contributed by atoms with Gasteiger partial charge in [0.25, 0.3) is 0 Å². The first-order chi connectivity index (χ1) is 9.68. The lowest BCUT2D eigenvalue weighted by molar-refractivity contribution is 0.0697. The number of hydrogen-bond acceptors (Lipinski definition) is 2. The molecule has 0 amide bonds. The number of aryl methyl sites for hydroxylation is 1. The zero-order valence-corrected chi connectivity index (χ0v) is 11.9. The van der Waals surface area contributed by atoms with Crippen molar-refractivity contribution >= 4 is 28.5 Å². The fourth-order valence-electron chi connectivity index (χ4n) is 3.02. The molecule has 104 valence electrons. The van der Waals surface area contributed by atoms with E-state index in [0.717, 1.165) is 43.4 Å². The van der Waals surface area contributed by atoms with Gasteiger partial charge in [0, 0.05) is 11.1 Å². The highest BCUT2D eigenvalue weighted by molar-refractivity contribution is 6.36. The predicted molar refractivity (Wildman–Crippen MR) is 79.6 cm³/mol. The van der Waals surface area contributed by atoms with Crippen molar-refractivity contribution in [1.82, 2.24) is 4.98 Å². The smallest absolute Gasteiger partial charge is 0.336 e. The van der Waals surface area contributed by atoms with E-state index in [0.29, 0.717) is 21.5 Å². The molecule has 0 radical (unpaired) electrons. The minimum atomic E-state index is -0.901. The maximum absolute atomic E-state index is 11.8. The molecule has 1 N–H and O–H groups in total. The molecule has 3 rings (SSSR count). The van der Waals surface area contributed by atoms with E-state index in [-0.39, 0.29) is 0 Å². The molecule has 0 aliphatic heterocycles. The van der Waals surface area contributed by atoms with Crippen LogP contribution in [0.5, 0.6) is 0 Å². The van der Waals surface area contributed by atoms with Crippen molar-refractivity contribution in [3.05, 3.63) is 40.0 Å². The quantitative estimate of drug-likeness (QED) is 0.854. The number of carboxylic acid groups (broad SMARTS) is 1. The molecular weight excluding hydrogens is 274 g/mol. The number of carbonyl (C=O) groups is 1. The van der Waals surface area contributed by atoms with E-state index in [1.165, 1.54) is 6.42 Å². The largest absolute Gasteiger partial charge is 0.478 e. The van der Waals surface area contributed by atoms with Crippen molar-refractivity contribution in [3.8, 4) is 0 Å². The van der Waals surface area contributed by atoms with Gasteiger partial charge in [-0.3, -0.25) is 4.98 Å². The van der Waals surface area contributed by atoms with Gasteiger partial charge in [-0.1, -0.05) is 30.5 Å². The predicted octanol–water partition coefficient (Wildman–Crippen LogP) is 4.25. The van der Waals surface area contributed by atoms with Gasteiger partial charge in [-0.05, 0) is 43.4 Å². The Hall–Kier alpha value is -1.61. The second-order valence-electron chi connectivity index (χ2n) is 5.27. The number of aromatic nitrogens is 1. The molecule has 3 nitrogen and oxygen atoms in total. The molecule has 1 heterocycles. The summed E-state index contributed by atoms with van der Waals surface area (Å²) >= 11 is 6.22. The van der Waals surface area contributed by atoms with Gasteiger partial charge < -0.3 is 5.11 Å². The molecule has 0 unspecified atom stereocenters. The number of fused-ring (bicyclic) bond motifs is 2. The van der Waals surface area contributed by atoms with Crippen molar-refractivity contribution < 1.29 is 9.90 Å². The summed E-state index contributed by atoms with van der Waals surface area (Å²) in [5, 5.41) is 10.7. The number of pyridine rings is 1. The van der Waals surface area contributed by atoms with Crippen LogP contribution in [0.1, 0.15) is 47.3 Å². The Morgan fingerprint density at radius 1 is 1.15 bits per heavy atom. The molecule has 1 aromatic heterocycles. The lowest BCUT2D eigenvalue weighted by Crippen LogP contribution is -2.11. The third-order valence-corrected chi connectivity index (χ3v) is 4.27. The van der Waals surface area contributed by atoms with E-state index in [9.17, 15) is 9.90 Å². The molecule has 0 spiro atoms. The summed E-state index contributed by atoms with van der Waals surface area (Å²) in [5.74, 6) is -0.901. The Balaban J connectivity index is 2.35. The first-order valence-electron chi connectivity index (χ1n) is 7.02. The minimum Gasteiger partial charge on any atom is -0.478 e. The van der Waals surface area contributed by atoms with Crippen LogP contribution < -0.4 is 0 Å². The normalized spacial score (nSPS) is 15.4. The number of benzene rings is 1. The van der Waals surface area contributed by atoms with E-state index in [1.807, 2.05) is 12.1 Å². The van der Waals surface area contributed by atoms with Crippen LogP contribution in [-0.2, 0) is 12.8 Å². The minimum absolute atomic E-state index is 0.359. The van der Waals surface area contributed by atoms with Gasteiger partial charge in [0.05, 0.1) is 16.1 Å². The Labute approximate surface area is 122 Å². The average Bonchev–Trinajstić information content (AvgIpc) is 2.38. The second kappa shape index (κ2) is 5.41. The highest BCUT2D eigenvalue weighted by Gasteiger charge is 2.22. The number of halogens is 1. The van der Waals surface area contributed by atoms with Crippen LogP contribution in [0.25, 0.3) is 10.9 Å². The number of carboxylic acids is 1. The summed E-state index contributed by atoms with van der Waals surface area (Å²) in [6.07, 6.45) is 6.08. The molecule has 0 saturated heterocycles. The molecule has 0 atom stereocenters. The standard InChI is InChI=1S/C16H16ClNO2/c17-11-7-5-9-13-15(11)14(16(19)20)10-6-3-1-2-4-8-12(10)18-13/h5,7,9H,1-4,6,8H2,(H,19,20).